The predicted octanol–water partition coefficient (Wildman–Crippen LogP) is 2.42. The highest BCUT2D eigenvalue weighted by atomic mass is 16.4. The fourth-order valence-electron chi connectivity index (χ4n) is 2.33. The molecule has 98 valence electrons. The molecule has 0 spiro atoms. The monoisotopic (exact) mass is 251 g/mol. The fraction of sp³-hybridized carbons (Fsp3) is 0.538. The predicted molar refractivity (Wildman–Crippen MR) is 65.2 cm³/mol. The molecule has 1 amide bonds. The summed E-state index contributed by atoms with van der Waals surface area (Å²) in [7, 11) is 0. The molecule has 18 heavy (non-hydrogen) atoms. The summed E-state index contributed by atoms with van der Waals surface area (Å²) in [5.41, 5.74) is 0. The van der Waals surface area contributed by atoms with E-state index in [0.29, 0.717) is 31.6 Å². The van der Waals surface area contributed by atoms with E-state index in [1.54, 1.807) is 12.1 Å². The normalized spacial score (nSPS) is 23.6. The van der Waals surface area contributed by atoms with E-state index in [0.717, 1.165) is 5.76 Å². The van der Waals surface area contributed by atoms with Crippen molar-refractivity contribution in [2.75, 3.05) is 5.32 Å². The number of aliphatic carboxylic acids is 1. The highest BCUT2D eigenvalue weighted by Crippen LogP contribution is 2.29. The SMILES string of the molecule is Cc1ccc(NC(=O)C2CCC(C(=O)O)CC2)o1. The molecule has 5 heteroatoms. The number of furan rings is 1. The maximum Gasteiger partial charge on any atom is 0.306 e. The van der Waals surface area contributed by atoms with Crippen LogP contribution in [0.3, 0.4) is 0 Å². The van der Waals surface area contributed by atoms with Crippen molar-refractivity contribution < 1.29 is 19.1 Å². The summed E-state index contributed by atoms with van der Waals surface area (Å²) in [5.74, 6) is -0.0210. The number of anilines is 1. The third-order valence-corrected chi connectivity index (χ3v) is 3.43. The van der Waals surface area contributed by atoms with Crippen molar-refractivity contribution in [3.8, 4) is 0 Å². The molecule has 1 aromatic rings. The molecule has 0 unspecified atom stereocenters. The average Bonchev–Trinajstić information content (AvgIpc) is 2.75. The number of carboxylic acid groups (broad SMARTS) is 1. The Morgan fingerprint density at radius 1 is 1.22 bits per heavy atom. The summed E-state index contributed by atoms with van der Waals surface area (Å²) >= 11 is 0. The van der Waals surface area contributed by atoms with Crippen LogP contribution in [0.25, 0.3) is 0 Å². The smallest absolute Gasteiger partial charge is 0.306 e. The number of hydrogen-bond donors (Lipinski definition) is 2. The number of carbonyl (C=O) groups is 2. The lowest BCUT2D eigenvalue weighted by atomic mass is 9.81. The Labute approximate surface area is 105 Å². The molecule has 2 N–H and O–H groups in total. The first kappa shape index (κ1) is 12.7. The van der Waals surface area contributed by atoms with E-state index in [1.807, 2.05) is 6.92 Å². The second kappa shape index (κ2) is 5.25. The molecule has 1 aliphatic rings. The van der Waals surface area contributed by atoms with Gasteiger partial charge in [-0.1, -0.05) is 0 Å². The topological polar surface area (TPSA) is 79.5 Å². The van der Waals surface area contributed by atoms with Crippen LogP contribution in [0.2, 0.25) is 0 Å². The van der Waals surface area contributed by atoms with Gasteiger partial charge in [-0.05, 0) is 38.7 Å². The lowest BCUT2D eigenvalue weighted by molar-refractivity contribution is -0.143. The van der Waals surface area contributed by atoms with E-state index in [4.69, 9.17) is 9.52 Å². The van der Waals surface area contributed by atoms with E-state index in [9.17, 15) is 9.59 Å². The second-order valence-electron chi connectivity index (χ2n) is 4.79. The van der Waals surface area contributed by atoms with Crippen LogP contribution >= 0.6 is 0 Å². The molecular weight excluding hydrogens is 234 g/mol. The van der Waals surface area contributed by atoms with Gasteiger partial charge in [0.25, 0.3) is 0 Å². The van der Waals surface area contributed by atoms with Crippen LogP contribution in [0.1, 0.15) is 31.4 Å². The minimum atomic E-state index is -0.754. The van der Waals surface area contributed by atoms with Crippen LogP contribution in [0.5, 0.6) is 0 Å². The number of carbonyl (C=O) groups excluding carboxylic acids is 1. The summed E-state index contributed by atoms with van der Waals surface area (Å²) in [5, 5.41) is 11.6. The van der Waals surface area contributed by atoms with Crippen molar-refractivity contribution in [3.63, 3.8) is 0 Å². The highest BCUT2D eigenvalue weighted by Gasteiger charge is 2.29. The van der Waals surface area contributed by atoms with Gasteiger partial charge < -0.3 is 9.52 Å². The van der Waals surface area contributed by atoms with E-state index >= 15 is 0 Å². The van der Waals surface area contributed by atoms with Gasteiger partial charge in [0.1, 0.15) is 5.76 Å². The zero-order valence-electron chi connectivity index (χ0n) is 10.3. The molecule has 0 saturated heterocycles. The Hall–Kier alpha value is -1.78. The summed E-state index contributed by atoms with van der Waals surface area (Å²) < 4.78 is 5.28. The number of hydrogen-bond acceptors (Lipinski definition) is 3. The molecule has 1 fully saturated rings. The van der Waals surface area contributed by atoms with Crippen molar-refractivity contribution in [1.29, 1.82) is 0 Å². The first-order valence-corrected chi connectivity index (χ1v) is 6.16. The van der Waals surface area contributed by atoms with Crippen LogP contribution in [-0.4, -0.2) is 17.0 Å². The third kappa shape index (κ3) is 2.91. The molecule has 0 aromatic carbocycles. The first-order chi connectivity index (χ1) is 8.56. The number of aryl methyl sites for hydroxylation is 1. The summed E-state index contributed by atoms with van der Waals surface area (Å²) in [6, 6.07) is 3.51. The van der Waals surface area contributed by atoms with Crippen LogP contribution in [0.4, 0.5) is 5.88 Å². The average molecular weight is 251 g/mol. The van der Waals surface area contributed by atoms with Crippen LogP contribution < -0.4 is 5.32 Å². The second-order valence-corrected chi connectivity index (χ2v) is 4.79. The van der Waals surface area contributed by atoms with Crippen molar-refractivity contribution in [2.24, 2.45) is 11.8 Å². The number of rotatable bonds is 3. The molecule has 0 atom stereocenters. The molecule has 0 bridgehead atoms. The minimum Gasteiger partial charge on any atom is -0.481 e. The Balaban J connectivity index is 1.86. The Bertz CT molecular complexity index is 444. The van der Waals surface area contributed by atoms with Crippen molar-refractivity contribution in [1.82, 2.24) is 0 Å². The van der Waals surface area contributed by atoms with Crippen LogP contribution in [0.15, 0.2) is 16.5 Å². The van der Waals surface area contributed by atoms with Crippen LogP contribution in [-0.2, 0) is 9.59 Å². The molecule has 0 radical (unpaired) electrons. The number of carboxylic acids is 1. The molecule has 1 heterocycles. The molecular formula is C13H17NO4. The zero-order valence-corrected chi connectivity index (χ0v) is 10.3. The van der Waals surface area contributed by atoms with Crippen molar-refractivity contribution >= 4 is 17.8 Å². The Morgan fingerprint density at radius 3 is 2.33 bits per heavy atom. The minimum absolute atomic E-state index is 0.0758. The van der Waals surface area contributed by atoms with E-state index in [-0.39, 0.29) is 17.7 Å². The van der Waals surface area contributed by atoms with Gasteiger partial charge >= 0.3 is 5.97 Å². The molecule has 2 rings (SSSR count). The van der Waals surface area contributed by atoms with Gasteiger partial charge in [-0.3, -0.25) is 14.9 Å². The van der Waals surface area contributed by atoms with Gasteiger partial charge in [0.15, 0.2) is 5.88 Å². The zero-order chi connectivity index (χ0) is 13.1. The summed E-state index contributed by atoms with van der Waals surface area (Å²) in [6.07, 6.45) is 2.40. The summed E-state index contributed by atoms with van der Waals surface area (Å²) in [6.45, 7) is 1.81. The van der Waals surface area contributed by atoms with Crippen LogP contribution in [0, 0.1) is 18.8 Å². The summed E-state index contributed by atoms with van der Waals surface area (Å²) in [4.78, 5) is 22.7. The quantitative estimate of drug-likeness (QED) is 0.864. The Kier molecular flexibility index (Phi) is 3.69. The maximum atomic E-state index is 11.9. The van der Waals surface area contributed by atoms with Gasteiger partial charge in [0.2, 0.25) is 5.91 Å². The van der Waals surface area contributed by atoms with Crippen molar-refractivity contribution in [3.05, 3.63) is 17.9 Å². The first-order valence-electron chi connectivity index (χ1n) is 6.16. The molecule has 0 aliphatic heterocycles. The van der Waals surface area contributed by atoms with Gasteiger partial charge in [-0.15, -0.1) is 0 Å². The van der Waals surface area contributed by atoms with Gasteiger partial charge in [-0.25, -0.2) is 0 Å². The lowest BCUT2D eigenvalue weighted by Gasteiger charge is -2.24. The van der Waals surface area contributed by atoms with E-state index in [2.05, 4.69) is 5.32 Å². The third-order valence-electron chi connectivity index (χ3n) is 3.43. The number of nitrogens with one attached hydrogen (secondary N) is 1. The van der Waals surface area contributed by atoms with Gasteiger partial charge in [0, 0.05) is 12.0 Å². The van der Waals surface area contributed by atoms with E-state index < -0.39 is 5.97 Å². The molecule has 1 aliphatic carbocycles. The largest absolute Gasteiger partial charge is 0.481 e. The van der Waals surface area contributed by atoms with Gasteiger partial charge in [-0.2, -0.15) is 0 Å². The molecule has 1 aromatic heterocycles. The fourth-order valence-corrected chi connectivity index (χ4v) is 2.33. The molecule has 5 nitrogen and oxygen atoms in total. The van der Waals surface area contributed by atoms with Gasteiger partial charge in [0.05, 0.1) is 5.92 Å². The molecule has 1 saturated carbocycles. The van der Waals surface area contributed by atoms with E-state index in [1.165, 1.54) is 0 Å². The lowest BCUT2D eigenvalue weighted by Crippen LogP contribution is -2.29. The number of amides is 1. The van der Waals surface area contributed by atoms with Crippen molar-refractivity contribution in [2.45, 2.75) is 32.6 Å². The standard InChI is InChI=1S/C13H17NO4/c1-8-2-7-11(18-8)14-12(15)9-3-5-10(6-4-9)13(16)17/h2,7,9-10H,3-6H2,1H3,(H,14,15)(H,16,17). The highest BCUT2D eigenvalue weighted by molar-refractivity contribution is 5.91. The Morgan fingerprint density at radius 2 is 1.83 bits per heavy atom. The maximum absolute atomic E-state index is 11.9.